The van der Waals surface area contributed by atoms with Crippen molar-refractivity contribution in [2.75, 3.05) is 12.2 Å². The van der Waals surface area contributed by atoms with E-state index in [0.29, 0.717) is 10.6 Å². The Morgan fingerprint density at radius 2 is 1.86 bits per heavy atom. The quantitative estimate of drug-likeness (QED) is 0.663. The molecule has 0 spiro atoms. The van der Waals surface area contributed by atoms with E-state index in [0.717, 1.165) is 24.5 Å². The van der Waals surface area contributed by atoms with Crippen LogP contribution >= 0.6 is 0 Å². The molecule has 1 amide bonds. The van der Waals surface area contributed by atoms with Crippen LogP contribution in [0.25, 0.3) is 11.0 Å². The summed E-state index contributed by atoms with van der Waals surface area (Å²) in [5.74, 6) is -3.12. The maximum atomic E-state index is 12.4. The van der Waals surface area contributed by atoms with E-state index in [2.05, 4.69) is 4.84 Å². The number of hydroxylamine groups is 1. The van der Waals surface area contributed by atoms with Crippen molar-refractivity contribution in [2.45, 2.75) is 13.8 Å². The molecule has 0 aliphatic rings. The molecule has 0 aliphatic carbocycles. The van der Waals surface area contributed by atoms with Gasteiger partial charge in [-0.1, -0.05) is 0 Å². The van der Waals surface area contributed by atoms with Gasteiger partial charge >= 0.3 is 11.9 Å². The fourth-order valence-electron chi connectivity index (χ4n) is 1.89. The Bertz CT molecular complexity index is 792. The third kappa shape index (κ3) is 2.50. The van der Waals surface area contributed by atoms with E-state index in [-0.39, 0.29) is 11.1 Å². The van der Waals surface area contributed by atoms with Crippen LogP contribution in [0, 0.1) is 13.8 Å². The van der Waals surface area contributed by atoms with Crippen molar-refractivity contribution in [3.8, 4) is 0 Å². The minimum absolute atomic E-state index is 0.246. The lowest BCUT2D eigenvalue weighted by Gasteiger charge is -2.16. The van der Waals surface area contributed by atoms with Crippen LogP contribution < -0.4 is 10.5 Å². The first-order chi connectivity index (χ1) is 9.86. The van der Waals surface area contributed by atoms with Crippen LogP contribution in [0.2, 0.25) is 0 Å². The molecule has 21 heavy (non-hydrogen) atoms. The number of benzene rings is 1. The number of nitrogens with zero attached hydrogens (tertiary/aromatic N) is 1. The average Bonchev–Trinajstić information content (AvgIpc) is 2.44. The maximum absolute atomic E-state index is 12.4. The van der Waals surface area contributed by atoms with Crippen molar-refractivity contribution in [1.82, 2.24) is 0 Å². The molecule has 0 fully saturated rings. The molecule has 7 nitrogen and oxygen atoms in total. The van der Waals surface area contributed by atoms with Gasteiger partial charge < -0.3 is 9.52 Å². The minimum atomic E-state index is -1.74. The minimum Gasteiger partial charge on any atom is -0.474 e. The molecule has 2 aromatic rings. The van der Waals surface area contributed by atoms with Crippen molar-refractivity contribution in [3.05, 3.63) is 39.7 Å². The van der Waals surface area contributed by atoms with Gasteiger partial charge in [0, 0.05) is 0 Å². The summed E-state index contributed by atoms with van der Waals surface area (Å²) in [7, 11) is 1.09. The molecule has 0 aliphatic heterocycles. The third-order valence-corrected chi connectivity index (χ3v) is 3.14. The van der Waals surface area contributed by atoms with Crippen LogP contribution in [0.15, 0.2) is 27.6 Å². The molecule has 2 rings (SSSR count). The third-order valence-electron chi connectivity index (χ3n) is 3.14. The zero-order valence-electron chi connectivity index (χ0n) is 11.7. The molecule has 1 aromatic carbocycles. The van der Waals surface area contributed by atoms with Crippen LogP contribution in [-0.4, -0.2) is 24.1 Å². The van der Waals surface area contributed by atoms with Crippen molar-refractivity contribution in [1.29, 1.82) is 0 Å². The number of aryl methyl sites for hydroxylation is 2. The molecule has 0 atom stereocenters. The van der Waals surface area contributed by atoms with Gasteiger partial charge in [-0.2, -0.15) is 5.06 Å². The first-order valence-electron chi connectivity index (χ1n) is 6.01. The summed E-state index contributed by atoms with van der Waals surface area (Å²) in [6.45, 7) is 3.70. The molecule has 1 heterocycles. The number of carbonyl (C=O) groups is 2. The van der Waals surface area contributed by atoms with Crippen LogP contribution in [0.5, 0.6) is 0 Å². The normalized spacial score (nSPS) is 10.6. The highest BCUT2D eigenvalue weighted by Crippen LogP contribution is 2.20. The Morgan fingerprint density at radius 1 is 1.24 bits per heavy atom. The number of carboxylic acid groups (broad SMARTS) is 1. The smallest absolute Gasteiger partial charge is 0.397 e. The van der Waals surface area contributed by atoms with Gasteiger partial charge in [0.2, 0.25) is 5.43 Å². The first-order valence-corrected chi connectivity index (χ1v) is 6.01. The Morgan fingerprint density at radius 3 is 2.43 bits per heavy atom. The molecule has 110 valence electrons. The largest absolute Gasteiger partial charge is 0.474 e. The summed E-state index contributed by atoms with van der Waals surface area (Å²) in [6.07, 6.45) is 1.00. The summed E-state index contributed by atoms with van der Waals surface area (Å²) in [5, 5.41) is 9.36. The van der Waals surface area contributed by atoms with Crippen LogP contribution in [0.3, 0.4) is 0 Å². The van der Waals surface area contributed by atoms with Crippen LogP contribution in [0.1, 0.15) is 11.1 Å². The van der Waals surface area contributed by atoms with Crippen LogP contribution in [0.4, 0.5) is 5.69 Å². The second-order valence-electron chi connectivity index (χ2n) is 4.47. The van der Waals surface area contributed by atoms with E-state index in [4.69, 9.17) is 9.52 Å². The number of fused-ring (bicyclic) bond motifs is 1. The summed E-state index contributed by atoms with van der Waals surface area (Å²) in [6, 6.07) is 3.32. The molecule has 7 heteroatoms. The number of hydrogen-bond acceptors (Lipinski definition) is 5. The van der Waals surface area contributed by atoms with Crippen molar-refractivity contribution < 1.29 is 24.0 Å². The predicted octanol–water partition coefficient (Wildman–Crippen LogP) is 1.39. The summed E-state index contributed by atoms with van der Waals surface area (Å²) >= 11 is 0. The van der Waals surface area contributed by atoms with E-state index in [1.54, 1.807) is 12.1 Å². The first kappa shape index (κ1) is 14.7. The number of amides is 1. The number of aliphatic carboxylic acids is 1. The molecular formula is C14H13NO6. The highest BCUT2D eigenvalue weighted by Gasteiger charge is 2.26. The molecule has 1 N–H and O–H groups in total. The maximum Gasteiger partial charge on any atom is 0.397 e. The van der Waals surface area contributed by atoms with Gasteiger partial charge in [-0.25, -0.2) is 4.79 Å². The molecule has 0 radical (unpaired) electrons. The van der Waals surface area contributed by atoms with Gasteiger partial charge in [-0.3, -0.25) is 14.4 Å². The number of carboxylic acids is 1. The number of rotatable bonds is 2. The Kier molecular flexibility index (Phi) is 3.77. The zero-order chi connectivity index (χ0) is 15.7. The average molecular weight is 291 g/mol. The van der Waals surface area contributed by atoms with Gasteiger partial charge in [-0.15, -0.1) is 0 Å². The van der Waals surface area contributed by atoms with E-state index in [1.807, 2.05) is 13.8 Å². The van der Waals surface area contributed by atoms with Gasteiger partial charge in [0.05, 0.1) is 12.5 Å². The fraction of sp³-hybridized carbons (Fsp3) is 0.214. The summed E-state index contributed by atoms with van der Waals surface area (Å²) in [4.78, 5) is 39.3. The predicted molar refractivity (Wildman–Crippen MR) is 74.1 cm³/mol. The van der Waals surface area contributed by atoms with E-state index < -0.39 is 17.3 Å². The molecular weight excluding hydrogens is 278 g/mol. The molecule has 0 bridgehead atoms. The lowest BCUT2D eigenvalue weighted by Crippen LogP contribution is -2.38. The van der Waals surface area contributed by atoms with Crippen molar-refractivity contribution >= 4 is 28.5 Å². The van der Waals surface area contributed by atoms with Crippen molar-refractivity contribution in [2.24, 2.45) is 0 Å². The highest BCUT2D eigenvalue weighted by atomic mass is 16.7. The monoisotopic (exact) mass is 291 g/mol. The topological polar surface area (TPSA) is 97.1 Å². The SMILES string of the molecule is CON(C(=O)C(=O)O)c1coc2cc(C)c(C)cc2c1=O. The standard InChI is InChI=1S/C14H13NO6/c1-7-4-9-11(5-8(7)2)21-6-10(12(9)16)15(20-3)13(17)14(18)19/h4-6H,1-3H3,(H,18,19). The lowest BCUT2D eigenvalue weighted by molar-refractivity contribution is -0.151. The Balaban J connectivity index is 2.68. The number of carbonyl (C=O) groups excluding carboxylic acids is 1. The molecule has 0 saturated heterocycles. The highest BCUT2D eigenvalue weighted by molar-refractivity contribution is 6.36. The number of hydrogen-bond donors (Lipinski definition) is 1. The summed E-state index contributed by atoms with van der Waals surface area (Å²) < 4.78 is 5.31. The Hall–Kier alpha value is -2.67. The van der Waals surface area contributed by atoms with Gasteiger partial charge in [0.15, 0.2) is 5.69 Å². The summed E-state index contributed by atoms with van der Waals surface area (Å²) in [5.41, 5.74) is 1.34. The molecule has 0 saturated carbocycles. The van der Waals surface area contributed by atoms with E-state index in [1.165, 1.54) is 0 Å². The zero-order valence-corrected chi connectivity index (χ0v) is 11.7. The second-order valence-corrected chi connectivity index (χ2v) is 4.47. The molecule has 0 unspecified atom stereocenters. The fourth-order valence-corrected chi connectivity index (χ4v) is 1.89. The van der Waals surface area contributed by atoms with Crippen LogP contribution in [-0.2, 0) is 14.4 Å². The Labute approximate surface area is 119 Å². The van der Waals surface area contributed by atoms with Gasteiger partial charge in [0.1, 0.15) is 11.8 Å². The van der Waals surface area contributed by atoms with E-state index >= 15 is 0 Å². The van der Waals surface area contributed by atoms with E-state index in [9.17, 15) is 14.4 Å². The second kappa shape index (κ2) is 5.37. The van der Waals surface area contributed by atoms with Gasteiger partial charge in [0.25, 0.3) is 0 Å². The van der Waals surface area contributed by atoms with Crippen molar-refractivity contribution in [3.63, 3.8) is 0 Å². The lowest BCUT2D eigenvalue weighted by atomic mass is 10.1. The number of anilines is 1. The molecule has 1 aromatic heterocycles. The van der Waals surface area contributed by atoms with Gasteiger partial charge in [-0.05, 0) is 37.1 Å².